The molecule has 0 atom stereocenters. The standard InChI is InChI=1S/C17H20FN3S.HI/c18-15-6-2-1-5-14(15)17(8-9-17)12-21-16(19)20-10-7-13-4-3-11-22-13;/h1-6,11H,7-10,12H2,(H3,19,20,21);1H. The molecule has 0 amide bonds. The van der Waals surface area contributed by atoms with Crippen molar-refractivity contribution in [2.45, 2.75) is 24.7 Å². The Hall–Kier alpha value is -1.15. The van der Waals surface area contributed by atoms with Crippen molar-refractivity contribution < 1.29 is 4.39 Å². The van der Waals surface area contributed by atoms with Crippen LogP contribution in [0.5, 0.6) is 0 Å². The van der Waals surface area contributed by atoms with E-state index in [-0.39, 0.29) is 35.2 Å². The minimum Gasteiger partial charge on any atom is -0.370 e. The number of guanidine groups is 1. The summed E-state index contributed by atoms with van der Waals surface area (Å²) in [6, 6.07) is 11.1. The Morgan fingerprint density at radius 1 is 1.26 bits per heavy atom. The first-order valence-electron chi connectivity index (χ1n) is 7.51. The molecule has 1 aliphatic rings. The molecule has 1 fully saturated rings. The summed E-state index contributed by atoms with van der Waals surface area (Å²) in [5.74, 6) is 0.304. The van der Waals surface area contributed by atoms with Crippen molar-refractivity contribution in [3.8, 4) is 0 Å². The minimum atomic E-state index is -0.147. The van der Waals surface area contributed by atoms with E-state index >= 15 is 0 Å². The third kappa shape index (κ3) is 4.67. The van der Waals surface area contributed by atoms with Gasteiger partial charge in [0.1, 0.15) is 5.82 Å². The van der Waals surface area contributed by atoms with Gasteiger partial charge in [-0.1, -0.05) is 24.3 Å². The van der Waals surface area contributed by atoms with Gasteiger partial charge in [-0.2, -0.15) is 0 Å². The zero-order valence-corrected chi connectivity index (χ0v) is 15.9. The van der Waals surface area contributed by atoms with E-state index < -0.39 is 0 Å². The fourth-order valence-corrected chi connectivity index (χ4v) is 3.32. The molecule has 3 rings (SSSR count). The Labute approximate surface area is 157 Å². The van der Waals surface area contributed by atoms with Gasteiger partial charge < -0.3 is 11.1 Å². The second kappa shape index (κ2) is 8.10. The van der Waals surface area contributed by atoms with Crippen molar-refractivity contribution >= 4 is 41.3 Å². The van der Waals surface area contributed by atoms with E-state index in [1.165, 1.54) is 10.9 Å². The topological polar surface area (TPSA) is 50.4 Å². The summed E-state index contributed by atoms with van der Waals surface area (Å²) in [7, 11) is 0. The predicted molar refractivity (Wildman–Crippen MR) is 105 cm³/mol. The van der Waals surface area contributed by atoms with E-state index in [0.717, 1.165) is 31.4 Å². The van der Waals surface area contributed by atoms with Crippen molar-refractivity contribution in [2.24, 2.45) is 10.7 Å². The molecule has 2 aromatic rings. The summed E-state index contributed by atoms with van der Waals surface area (Å²) in [5.41, 5.74) is 6.53. The Kier molecular flexibility index (Phi) is 6.41. The van der Waals surface area contributed by atoms with Crippen molar-refractivity contribution in [3.63, 3.8) is 0 Å². The summed E-state index contributed by atoms with van der Waals surface area (Å²) in [5, 5.41) is 5.20. The van der Waals surface area contributed by atoms with Crippen LogP contribution in [0.1, 0.15) is 23.3 Å². The zero-order chi connectivity index (χ0) is 15.4. The van der Waals surface area contributed by atoms with Gasteiger partial charge >= 0.3 is 0 Å². The number of benzene rings is 1. The van der Waals surface area contributed by atoms with Gasteiger partial charge in [0.2, 0.25) is 0 Å². The zero-order valence-electron chi connectivity index (χ0n) is 12.8. The van der Waals surface area contributed by atoms with Crippen LogP contribution in [-0.2, 0) is 11.8 Å². The largest absolute Gasteiger partial charge is 0.370 e. The van der Waals surface area contributed by atoms with Gasteiger partial charge in [0.25, 0.3) is 0 Å². The van der Waals surface area contributed by atoms with Crippen molar-refractivity contribution in [1.82, 2.24) is 5.32 Å². The quantitative estimate of drug-likeness (QED) is 0.405. The lowest BCUT2D eigenvalue weighted by Crippen LogP contribution is -2.34. The van der Waals surface area contributed by atoms with Gasteiger partial charge in [0, 0.05) is 16.8 Å². The van der Waals surface area contributed by atoms with Crippen molar-refractivity contribution in [3.05, 3.63) is 58.0 Å². The van der Waals surface area contributed by atoms with Crippen LogP contribution in [0.3, 0.4) is 0 Å². The Morgan fingerprint density at radius 2 is 2.04 bits per heavy atom. The van der Waals surface area contributed by atoms with Crippen molar-refractivity contribution in [1.29, 1.82) is 0 Å². The molecular weight excluding hydrogens is 424 g/mol. The van der Waals surface area contributed by atoms with Crippen LogP contribution in [0.25, 0.3) is 0 Å². The van der Waals surface area contributed by atoms with E-state index in [0.29, 0.717) is 12.5 Å². The molecule has 1 aromatic carbocycles. The number of hydrogen-bond donors (Lipinski definition) is 2. The lowest BCUT2D eigenvalue weighted by atomic mass is 9.95. The van der Waals surface area contributed by atoms with Crippen LogP contribution in [0.15, 0.2) is 46.8 Å². The van der Waals surface area contributed by atoms with E-state index in [4.69, 9.17) is 5.73 Å². The highest BCUT2D eigenvalue weighted by Crippen LogP contribution is 2.49. The SMILES string of the molecule is I.NC(=NCC1(c2ccccc2F)CC1)NCCc1cccs1. The molecule has 1 saturated carbocycles. The number of rotatable bonds is 6. The molecule has 23 heavy (non-hydrogen) atoms. The summed E-state index contributed by atoms with van der Waals surface area (Å²) in [4.78, 5) is 5.74. The highest BCUT2D eigenvalue weighted by molar-refractivity contribution is 14.0. The third-order valence-corrected chi connectivity index (χ3v) is 5.04. The number of nitrogens with two attached hydrogens (primary N) is 1. The lowest BCUT2D eigenvalue weighted by molar-refractivity contribution is 0.573. The molecule has 3 nitrogen and oxygen atoms in total. The predicted octanol–water partition coefficient (Wildman–Crippen LogP) is 3.68. The average Bonchev–Trinajstić information content (AvgIpc) is 3.13. The first-order chi connectivity index (χ1) is 10.7. The molecule has 0 spiro atoms. The fraction of sp³-hybridized carbons (Fsp3) is 0.353. The van der Waals surface area contributed by atoms with Gasteiger partial charge in [-0.15, -0.1) is 35.3 Å². The molecule has 1 heterocycles. The number of aliphatic imine (C=N–C) groups is 1. The monoisotopic (exact) mass is 445 g/mol. The molecule has 124 valence electrons. The highest BCUT2D eigenvalue weighted by atomic mass is 127. The molecule has 0 unspecified atom stereocenters. The smallest absolute Gasteiger partial charge is 0.188 e. The maximum atomic E-state index is 13.9. The molecule has 1 aromatic heterocycles. The van der Waals surface area contributed by atoms with Crippen LogP contribution < -0.4 is 11.1 Å². The van der Waals surface area contributed by atoms with Gasteiger partial charge in [-0.25, -0.2) is 4.39 Å². The Bertz CT molecular complexity index is 654. The second-order valence-corrected chi connectivity index (χ2v) is 6.75. The molecular formula is C17H21FIN3S. The summed E-state index contributed by atoms with van der Waals surface area (Å²) in [6.45, 7) is 1.31. The maximum absolute atomic E-state index is 13.9. The van der Waals surface area contributed by atoms with E-state index in [1.54, 1.807) is 17.4 Å². The van der Waals surface area contributed by atoms with E-state index in [2.05, 4.69) is 21.8 Å². The molecule has 0 aliphatic heterocycles. The molecule has 0 radical (unpaired) electrons. The fourth-order valence-electron chi connectivity index (χ4n) is 2.62. The van der Waals surface area contributed by atoms with Gasteiger partial charge in [-0.05, 0) is 42.3 Å². The molecule has 0 saturated heterocycles. The van der Waals surface area contributed by atoms with E-state index in [1.807, 2.05) is 18.2 Å². The number of nitrogens with zero attached hydrogens (tertiary/aromatic N) is 1. The molecule has 1 aliphatic carbocycles. The summed E-state index contributed by atoms with van der Waals surface area (Å²) < 4.78 is 13.9. The van der Waals surface area contributed by atoms with Gasteiger partial charge in [0.05, 0.1) is 6.54 Å². The Balaban J connectivity index is 0.00000192. The summed E-state index contributed by atoms with van der Waals surface area (Å²) in [6.07, 6.45) is 2.88. The maximum Gasteiger partial charge on any atom is 0.188 e. The number of halogens is 2. The molecule has 0 bridgehead atoms. The first-order valence-corrected chi connectivity index (χ1v) is 8.39. The van der Waals surface area contributed by atoms with Crippen molar-refractivity contribution in [2.75, 3.05) is 13.1 Å². The molecule has 6 heteroatoms. The van der Waals surface area contributed by atoms with Crippen LogP contribution in [0.2, 0.25) is 0 Å². The van der Waals surface area contributed by atoms with E-state index in [9.17, 15) is 4.39 Å². The Morgan fingerprint density at radius 3 is 2.70 bits per heavy atom. The second-order valence-electron chi connectivity index (χ2n) is 5.72. The average molecular weight is 445 g/mol. The van der Waals surface area contributed by atoms with Gasteiger partial charge in [0.15, 0.2) is 5.96 Å². The minimum absolute atomic E-state index is 0. The highest BCUT2D eigenvalue weighted by Gasteiger charge is 2.45. The first kappa shape index (κ1) is 18.2. The normalized spacial score (nSPS) is 15.8. The number of nitrogens with one attached hydrogen (secondary N) is 1. The third-order valence-electron chi connectivity index (χ3n) is 4.11. The molecule has 3 N–H and O–H groups in total. The van der Waals surface area contributed by atoms with Gasteiger partial charge in [-0.3, -0.25) is 4.99 Å². The number of thiophene rings is 1. The summed E-state index contributed by atoms with van der Waals surface area (Å²) >= 11 is 1.74. The number of hydrogen-bond acceptors (Lipinski definition) is 2. The van der Waals surface area contributed by atoms with Crippen LogP contribution in [-0.4, -0.2) is 19.0 Å². The van der Waals surface area contributed by atoms with Crippen LogP contribution >= 0.6 is 35.3 Å². The lowest BCUT2D eigenvalue weighted by Gasteiger charge is -2.14. The van der Waals surface area contributed by atoms with Crippen LogP contribution in [0, 0.1) is 5.82 Å². The van der Waals surface area contributed by atoms with Crippen LogP contribution in [0.4, 0.5) is 4.39 Å².